The van der Waals surface area contributed by atoms with Crippen LogP contribution in [0.4, 0.5) is 5.69 Å². The lowest BCUT2D eigenvalue weighted by Crippen LogP contribution is -2.23. The average molecular weight is 281 g/mol. The van der Waals surface area contributed by atoms with Gasteiger partial charge in [0.25, 0.3) is 0 Å². The van der Waals surface area contributed by atoms with E-state index in [-0.39, 0.29) is 5.75 Å². The molecule has 1 fully saturated rings. The maximum atomic E-state index is 11.7. The van der Waals surface area contributed by atoms with Crippen molar-refractivity contribution < 1.29 is 8.42 Å². The number of benzene rings is 1. The van der Waals surface area contributed by atoms with Crippen molar-refractivity contribution in [2.45, 2.75) is 50.5 Å². The molecule has 4 heteroatoms. The zero-order chi connectivity index (χ0) is 13.9. The Hall–Kier alpha value is -1.03. The Labute approximate surface area is 116 Å². The quantitative estimate of drug-likeness (QED) is 0.899. The summed E-state index contributed by atoms with van der Waals surface area (Å²) in [5, 5.41) is 3.54. The highest BCUT2D eigenvalue weighted by Gasteiger charge is 2.25. The van der Waals surface area contributed by atoms with Gasteiger partial charge in [0, 0.05) is 11.7 Å². The molecule has 0 saturated heterocycles. The van der Waals surface area contributed by atoms with Crippen LogP contribution in [-0.4, -0.2) is 20.2 Å². The lowest BCUT2D eigenvalue weighted by Gasteiger charge is -2.21. The van der Waals surface area contributed by atoms with Gasteiger partial charge in [0.1, 0.15) is 0 Å². The van der Waals surface area contributed by atoms with Gasteiger partial charge in [0.05, 0.1) is 10.6 Å². The van der Waals surface area contributed by atoms with Crippen LogP contribution in [0.1, 0.15) is 39.5 Å². The Morgan fingerprint density at radius 1 is 1.16 bits per heavy atom. The lowest BCUT2D eigenvalue weighted by atomic mass is 10.0. The van der Waals surface area contributed by atoms with Gasteiger partial charge in [-0.15, -0.1) is 0 Å². The molecule has 3 nitrogen and oxygen atoms in total. The number of anilines is 1. The van der Waals surface area contributed by atoms with Crippen molar-refractivity contribution in [1.29, 1.82) is 0 Å². The van der Waals surface area contributed by atoms with Gasteiger partial charge in [0.15, 0.2) is 9.84 Å². The molecule has 106 valence electrons. The summed E-state index contributed by atoms with van der Waals surface area (Å²) in [4.78, 5) is 0.416. The molecule has 0 radical (unpaired) electrons. The molecule has 1 aromatic rings. The van der Waals surface area contributed by atoms with Crippen molar-refractivity contribution in [1.82, 2.24) is 0 Å². The van der Waals surface area contributed by atoms with Crippen molar-refractivity contribution in [3.8, 4) is 0 Å². The molecule has 1 aromatic carbocycles. The number of sulfone groups is 1. The molecule has 2 atom stereocenters. The Morgan fingerprint density at radius 3 is 2.42 bits per heavy atom. The normalized spacial score (nSPS) is 23.5. The first-order chi connectivity index (χ1) is 9.06. The van der Waals surface area contributed by atoms with E-state index in [0.29, 0.717) is 10.9 Å². The summed E-state index contributed by atoms with van der Waals surface area (Å²) in [5.41, 5.74) is 1.03. The van der Waals surface area contributed by atoms with Crippen molar-refractivity contribution in [3.05, 3.63) is 24.3 Å². The highest BCUT2D eigenvalue weighted by molar-refractivity contribution is 7.91. The topological polar surface area (TPSA) is 46.2 Å². The molecule has 19 heavy (non-hydrogen) atoms. The van der Waals surface area contributed by atoms with Gasteiger partial charge < -0.3 is 5.32 Å². The predicted molar refractivity (Wildman–Crippen MR) is 79.2 cm³/mol. The Kier molecular flexibility index (Phi) is 4.50. The summed E-state index contributed by atoms with van der Waals surface area (Å²) in [5.74, 6) is 0.902. The van der Waals surface area contributed by atoms with Crippen molar-refractivity contribution in [3.63, 3.8) is 0 Å². The first-order valence-electron chi connectivity index (χ1n) is 7.16. The van der Waals surface area contributed by atoms with Crippen LogP contribution in [0.3, 0.4) is 0 Å². The van der Waals surface area contributed by atoms with E-state index in [1.165, 1.54) is 25.7 Å². The van der Waals surface area contributed by atoms with E-state index in [2.05, 4.69) is 12.2 Å². The molecule has 2 rings (SSSR count). The molecular weight excluding hydrogens is 258 g/mol. The molecule has 0 bridgehead atoms. The molecule has 0 aromatic heterocycles. The molecule has 1 saturated carbocycles. The van der Waals surface area contributed by atoms with E-state index in [1.54, 1.807) is 19.1 Å². The highest BCUT2D eigenvalue weighted by Crippen LogP contribution is 2.30. The van der Waals surface area contributed by atoms with E-state index in [9.17, 15) is 8.42 Å². The van der Waals surface area contributed by atoms with Crippen LogP contribution in [0.2, 0.25) is 0 Å². The smallest absolute Gasteiger partial charge is 0.178 e. The molecule has 0 amide bonds. The Balaban J connectivity index is 2.07. The van der Waals surface area contributed by atoms with Crippen molar-refractivity contribution >= 4 is 15.5 Å². The first kappa shape index (κ1) is 14.4. The van der Waals surface area contributed by atoms with E-state index in [0.717, 1.165) is 11.6 Å². The second-order valence-electron chi connectivity index (χ2n) is 5.28. The van der Waals surface area contributed by atoms with Crippen LogP contribution in [0.15, 0.2) is 29.2 Å². The minimum Gasteiger partial charge on any atom is -0.382 e. The van der Waals surface area contributed by atoms with E-state index < -0.39 is 9.84 Å². The van der Waals surface area contributed by atoms with E-state index in [4.69, 9.17) is 0 Å². The SMILES string of the molecule is CCC1CCCC1Nc1ccc(S(=O)(=O)CC)cc1. The van der Waals surface area contributed by atoms with Gasteiger partial charge in [-0.25, -0.2) is 8.42 Å². The molecule has 1 aliphatic carbocycles. The van der Waals surface area contributed by atoms with Crippen LogP contribution in [0, 0.1) is 5.92 Å². The van der Waals surface area contributed by atoms with Crippen LogP contribution >= 0.6 is 0 Å². The monoisotopic (exact) mass is 281 g/mol. The fourth-order valence-corrected chi connectivity index (χ4v) is 3.74. The minimum atomic E-state index is -3.09. The fourth-order valence-electron chi connectivity index (χ4n) is 2.85. The summed E-state index contributed by atoms with van der Waals surface area (Å²) in [7, 11) is -3.09. The first-order valence-corrected chi connectivity index (χ1v) is 8.81. The molecule has 1 N–H and O–H groups in total. The Bertz CT molecular complexity index is 507. The van der Waals surface area contributed by atoms with Crippen LogP contribution in [0.5, 0.6) is 0 Å². The maximum Gasteiger partial charge on any atom is 0.178 e. The molecule has 2 unspecified atom stereocenters. The summed E-state index contributed by atoms with van der Waals surface area (Å²) < 4.78 is 23.5. The lowest BCUT2D eigenvalue weighted by molar-refractivity contribution is 0.489. The predicted octanol–water partition coefficient (Wildman–Crippen LogP) is 3.47. The van der Waals surface area contributed by atoms with Gasteiger partial charge >= 0.3 is 0 Å². The average Bonchev–Trinajstić information content (AvgIpc) is 2.86. The zero-order valence-electron chi connectivity index (χ0n) is 11.7. The third-order valence-electron chi connectivity index (χ3n) is 4.13. The zero-order valence-corrected chi connectivity index (χ0v) is 12.5. The van der Waals surface area contributed by atoms with Crippen LogP contribution in [0.25, 0.3) is 0 Å². The molecule has 0 heterocycles. The third kappa shape index (κ3) is 3.30. The standard InChI is InChI=1S/C15H23NO2S/c1-3-12-6-5-7-15(12)16-13-8-10-14(11-9-13)19(17,18)4-2/h8-12,15-16H,3-7H2,1-2H3. The summed E-state index contributed by atoms with van der Waals surface area (Å²) in [6, 6.07) is 7.72. The minimum absolute atomic E-state index is 0.153. The number of nitrogens with one attached hydrogen (secondary N) is 1. The van der Waals surface area contributed by atoms with Crippen molar-refractivity contribution in [2.24, 2.45) is 5.92 Å². The summed E-state index contributed by atoms with van der Waals surface area (Å²) >= 11 is 0. The second-order valence-corrected chi connectivity index (χ2v) is 7.56. The van der Waals surface area contributed by atoms with Gasteiger partial charge in [-0.1, -0.05) is 26.7 Å². The largest absolute Gasteiger partial charge is 0.382 e. The summed E-state index contributed by atoms with van der Waals surface area (Å²) in [6.07, 6.45) is 5.02. The summed E-state index contributed by atoms with van der Waals surface area (Å²) in [6.45, 7) is 3.91. The molecule has 0 spiro atoms. The van der Waals surface area contributed by atoms with Crippen molar-refractivity contribution in [2.75, 3.05) is 11.1 Å². The van der Waals surface area contributed by atoms with Gasteiger partial charge in [0.2, 0.25) is 0 Å². The van der Waals surface area contributed by atoms with Gasteiger partial charge in [-0.05, 0) is 43.0 Å². The third-order valence-corrected chi connectivity index (χ3v) is 5.88. The second kappa shape index (κ2) is 5.95. The molecule has 0 aliphatic heterocycles. The van der Waals surface area contributed by atoms with Crippen LogP contribution in [-0.2, 0) is 9.84 Å². The highest BCUT2D eigenvalue weighted by atomic mass is 32.2. The number of rotatable bonds is 5. The fraction of sp³-hybridized carbons (Fsp3) is 0.600. The Morgan fingerprint density at radius 2 is 1.84 bits per heavy atom. The van der Waals surface area contributed by atoms with E-state index >= 15 is 0 Å². The molecular formula is C15H23NO2S. The van der Waals surface area contributed by atoms with Crippen LogP contribution < -0.4 is 5.32 Å². The maximum absolute atomic E-state index is 11.7. The number of hydrogen-bond donors (Lipinski definition) is 1. The molecule has 1 aliphatic rings. The number of hydrogen-bond acceptors (Lipinski definition) is 3. The van der Waals surface area contributed by atoms with Gasteiger partial charge in [-0.2, -0.15) is 0 Å². The van der Waals surface area contributed by atoms with Gasteiger partial charge in [-0.3, -0.25) is 0 Å². The van der Waals surface area contributed by atoms with E-state index in [1.807, 2.05) is 12.1 Å².